The summed E-state index contributed by atoms with van der Waals surface area (Å²) in [6.07, 6.45) is 9.00. The van der Waals surface area contributed by atoms with Crippen LogP contribution in [-0.2, 0) is 12.8 Å². The van der Waals surface area contributed by atoms with Crippen molar-refractivity contribution in [2.45, 2.75) is 25.7 Å². The molecular formula is C14H12N4OS2. The molecule has 0 saturated heterocycles. The molecule has 0 aromatic carbocycles. The van der Waals surface area contributed by atoms with Gasteiger partial charge in [-0.3, -0.25) is 4.79 Å². The van der Waals surface area contributed by atoms with E-state index in [4.69, 9.17) is 12.2 Å². The lowest BCUT2D eigenvalue weighted by Crippen LogP contribution is -2.21. The van der Waals surface area contributed by atoms with Crippen LogP contribution in [0.15, 0.2) is 23.5 Å². The Morgan fingerprint density at radius 2 is 2.00 bits per heavy atom. The lowest BCUT2D eigenvalue weighted by molar-refractivity contribution is 0.699. The van der Waals surface area contributed by atoms with Crippen LogP contribution in [0.3, 0.4) is 0 Å². The highest BCUT2D eigenvalue weighted by Crippen LogP contribution is 2.33. The predicted molar refractivity (Wildman–Crippen MR) is 84.8 cm³/mol. The van der Waals surface area contributed by atoms with Crippen molar-refractivity contribution in [3.8, 4) is 5.69 Å². The van der Waals surface area contributed by atoms with Gasteiger partial charge in [0.15, 0.2) is 4.77 Å². The first-order chi connectivity index (χ1) is 10.3. The van der Waals surface area contributed by atoms with Crippen molar-refractivity contribution in [1.82, 2.24) is 19.5 Å². The molecule has 0 amide bonds. The number of aromatic nitrogens is 4. The van der Waals surface area contributed by atoms with Crippen LogP contribution in [0.4, 0.5) is 0 Å². The Morgan fingerprint density at radius 1 is 1.24 bits per heavy atom. The molecule has 4 rings (SSSR count). The van der Waals surface area contributed by atoms with E-state index >= 15 is 0 Å². The van der Waals surface area contributed by atoms with Crippen LogP contribution >= 0.6 is 23.6 Å². The fourth-order valence-corrected chi connectivity index (χ4v) is 4.51. The second kappa shape index (κ2) is 4.85. The van der Waals surface area contributed by atoms with Crippen molar-refractivity contribution in [3.63, 3.8) is 0 Å². The maximum atomic E-state index is 12.9. The Balaban J connectivity index is 2.10. The van der Waals surface area contributed by atoms with Gasteiger partial charge in [-0.2, -0.15) is 0 Å². The van der Waals surface area contributed by atoms with Gasteiger partial charge in [0.05, 0.1) is 23.5 Å². The molecule has 3 aromatic rings. The van der Waals surface area contributed by atoms with Crippen molar-refractivity contribution >= 4 is 33.8 Å². The highest BCUT2D eigenvalue weighted by Gasteiger charge is 2.20. The third-order valence-electron chi connectivity index (χ3n) is 3.82. The molecule has 21 heavy (non-hydrogen) atoms. The predicted octanol–water partition coefficient (Wildman–Crippen LogP) is 2.78. The Hall–Kier alpha value is -1.86. The SMILES string of the molecule is O=c1c2c3c(sc2[nH]c(=S)n1-c1cncnc1)CCCC3. The van der Waals surface area contributed by atoms with Crippen LogP contribution in [0.25, 0.3) is 15.9 Å². The highest BCUT2D eigenvalue weighted by atomic mass is 32.1. The number of H-pyrrole nitrogens is 1. The van der Waals surface area contributed by atoms with E-state index in [1.165, 1.54) is 27.8 Å². The van der Waals surface area contributed by atoms with E-state index in [1.54, 1.807) is 23.7 Å². The van der Waals surface area contributed by atoms with Crippen LogP contribution in [0, 0.1) is 4.77 Å². The smallest absolute Gasteiger partial charge is 0.268 e. The van der Waals surface area contributed by atoms with E-state index in [0.717, 1.165) is 29.5 Å². The number of rotatable bonds is 1. The van der Waals surface area contributed by atoms with Crippen molar-refractivity contribution in [1.29, 1.82) is 0 Å². The van der Waals surface area contributed by atoms with Gasteiger partial charge < -0.3 is 4.98 Å². The molecule has 0 bridgehead atoms. The monoisotopic (exact) mass is 316 g/mol. The molecule has 1 aliphatic rings. The van der Waals surface area contributed by atoms with E-state index < -0.39 is 0 Å². The minimum atomic E-state index is -0.0667. The number of fused-ring (bicyclic) bond motifs is 3. The summed E-state index contributed by atoms with van der Waals surface area (Å²) in [6.45, 7) is 0. The van der Waals surface area contributed by atoms with Crippen molar-refractivity contribution in [3.05, 3.63) is 44.3 Å². The lowest BCUT2D eigenvalue weighted by Gasteiger charge is -2.10. The van der Waals surface area contributed by atoms with E-state index in [0.29, 0.717) is 10.5 Å². The molecule has 0 saturated carbocycles. The molecule has 1 N–H and O–H groups in total. The number of aryl methyl sites for hydroxylation is 2. The Kier molecular flexibility index (Phi) is 2.97. The van der Waals surface area contributed by atoms with Crippen molar-refractivity contribution in [2.24, 2.45) is 0 Å². The molecule has 0 radical (unpaired) electrons. The number of hydrogen-bond donors (Lipinski definition) is 1. The zero-order valence-electron chi connectivity index (χ0n) is 11.1. The van der Waals surface area contributed by atoms with E-state index in [2.05, 4.69) is 15.0 Å². The summed E-state index contributed by atoms with van der Waals surface area (Å²) >= 11 is 7.01. The Labute approximate surface area is 129 Å². The molecule has 7 heteroatoms. The maximum Gasteiger partial charge on any atom is 0.268 e. The van der Waals surface area contributed by atoms with Crippen molar-refractivity contribution in [2.75, 3.05) is 0 Å². The first-order valence-corrected chi connectivity index (χ1v) is 8.03. The van der Waals surface area contributed by atoms with Crippen LogP contribution in [0.1, 0.15) is 23.3 Å². The molecule has 0 aliphatic heterocycles. The summed E-state index contributed by atoms with van der Waals surface area (Å²) in [5, 5.41) is 0.784. The zero-order chi connectivity index (χ0) is 14.4. The molecular weight excluding hydrogens is 304 g/mol. The normalized spacial score (nSPS) is 14.3. The molecule has 0 unspecified atom stereocenters. The van der Waals surface area contributed by atoms with Gasteiger partial charge in [0, 0.05) is 4.88 Å². The number of nitrogens with zero attached hydrogens (tertiary/aromatic N) is 3. The molecule has 0 atom stereocenters. The van der Waals surface area contributed by atoms with E-state index in [-0.39, 0.29) is 5.56 Å². The van der Waals surface area contributed by atoms with Crippen molar-refractivity contribution < 1.29 is 0 Å². The summed E-state index contributed by atoms with van der Waals surface area (Å²) in [5.41, 5.74) is 1.73. The topological polar surface area (TPSA) is 63.6 Å². The minimum absolute atomic E-state index is 0.0667. The molecule has 1 aliphatic carbocycles. The minimum Gasteiger partial charge on any atom is -0.323 e. The number of aromatic amines is 1. The molecule has 0 spiro atoms. The van der Waals surface area contributed by atoms with E-state index in [1.807, 2.05) is 0 Å². The second-order valence-corrected chi connectivity index (χ2v) is 6.57. The average molecular weight is 316 g/mol. The second-order valence-electron chi connectivity index (χ2n) is 5.08. The molecule has 3 heterocycles. The fourth-order valence-electron chi connectivity index (χ4n) is 2.88. The summed E-state index contributed by atoms with van der Waals surface area (Å²) in [4.78, 5) is 26.3. The number of hydrogen-bond acceptors (Lipinski definition) is 5. The number of thiophene rings is 1. The first kappa shape index (κ1) is 12.8. The molecule has 3 aromatic heterocycles. The van der Waals surface area contributed by atoms with Gasteiger partial charge in [0.1, 0.15) is 11.2 Å². The third kappa shape index (κ3) is 1.96. The lowest BCUT2D eigenvalue weighted by atomic mass is 9.97. The fraction of sp³-hybridized carbons (Fsp3) is 0.286. The van der Waals surface area contributed by atoms with Crippen LogP contribution in [0.2, 0.25) is 0 Å². The van der Waals surface area contributed by atoms with Gasteiger partial charge >= 0.3 is 0 Å². The maximum absolute atomic E-state index is 12.9. The summed E-state index contributed by atoms with van der Waals surface area (Å²) in [6, 6.07) is 0. The average Bonchev–Trinajstić information content (AvgIpc) is 2.86. The summed E-state index contributed by atoms with van der Waals surface area (Å²) in [5.74, 6) is 0. The van der Waals surface area contributed by atoms with Gasteiger partial charge in [0.25, 0.3) is 5.56 Å². The van der Waals surface area contributed by atoms with Crippen LogP contribution in [0.5, 0.6) is 0 Å². The highest BCUT2D eigenvalue weighted by molar-refractivity contribution is 7.71. The molecule has 0 fully saturated rings. The molecule has 5 nitrogen and oxygen atoms in total. The Morgan fingerprint density at radius 3 is 2.81 bits per heavy atom. The zero-order valence-corrected chi connectivity index (χ0v) is 12.8. The third-order valence-corrected chi connectivity index (χ3v) is 5.31. The molecule has 106 valence electrons. The van der Waals surface area contributed by atoms with Gasteiger partial charge in [-0.25, -0.2) is 14.5 Å². The van der Waals surface area contributed by atoms with Gasteiger partial charge in [0.2, 0.25) is 0 Å². The van der Waals surface area contributed by atoms with Crippen LogP contribution in [-0.4, -0.2) is 19.5 Å². The standard InChI is InChI=1S/C14H12N4OS2/c19-13-11-9-3-1-2-4-10(9)21-12(11)17-14(20)18(13)8-5-15-7-16-6-8/h5-7H,1-4H2,(H,17,20). The first-order valence-electron chi connectivity index (χ1n) is 6.80. The Bertz CT molecular complexity index is 939. The quantitative estimate of drug-likeness (QED) is 0.701. The number of nitrogens with one attached hydrogen (secondary N) is 1. The summed E-state index contributed by atoms with van der Waals surface area (Å²) in [7, 11) is 0. The summed E-state index contributed by atoms with van der Waals surface area (Å²) < 4.78 is 1.88. The van der Waals surface area contributed by atoms with Gasteiger partial charge in [-0.1, -0.05) is 0 Å². The van der Waals surface area contributed by atoms with Gasteiger partial charge in [-0.05, 0) is 43.5 Å². The van der Waals surface area contributed by atoms with E-state index in [9.17, 15) is 4.79 Å². The largest absolute Gasteiger partial charge is 0.323 e. The van der Waals surface area contributed by atoms with Crippen LogP contribution < -0.4 is 5.56 Å². The van der Waals surface area contributed by atoms with Gasteiger partial charge in [-0.15, -0.1) is 11.3 Å².